The summed E-state index contributed by atoms with van der Waals surface area (Å²) >= 11 is 5.58. The molecule has 3 heterocycles. The highest BCUT2D eigenvalue weighted by Crippen LogP contribution is 2.38. The van der Waals surface area contributed by atoms with Gasteiger partial charge in [-0.3, -0.25) is 14.4 Å². The molecule has 2 bridgehead atoms. The fraction of sp³-hybridized carbons (Fsp3) is 0.809. The summed E-state index contributed by atoms with van der Waals surface area (Å²) in [7, 11) is 4.61. The van der Waals surface area contributed by atoms with E-state index < -0.39 is 83.9 Å². The number of rotatable bonds is 29. The Bertz CT molecular complexity index is 2250. The van der Waals surface area contributed by atoms with E-state index in [1.165, 1.54) is 12.0 Å². The van der Waals surface area contributed by atoms with Crippen LogP contribution in [0.3, 0.4) is 0 Å². The van der Waals surface area contributed by atoms with Gasteiger partial charge in [-0.15, -0.1) is 0 Å². The van der Waals surface area contributed by atoms with Crippen LogP contribution in [-0.2, 0) is 80.8 Å². The van der Waals surface area contributed by atoms with Gasteiger partial charge in [0.2, 0.25) is 5.79 Å². The summed E-state index contributed by atoms with van der Waals surface area (Å²) in [5.41, 5.74) is 1.31. The highest BCUT2D eigenvalue weighted by Gasteiger charge is 2.53. The Morgan fingerprint density at radius 1 is 0.714 bits per heavy atom. The number of ketones is 2. The number of aliphatic hydroxyl groups excluding tert-OH is 2. The van der Waals surface area contributed by atoms with Gasteiger partial charge >= 0.3 is 5.97 Å². The molecule has 4 aliphatic rings. The molecule has 0 spiro atoms. The standard InChI is InChI=1S/C68H114N2O20S/c1-12-81-28-29-83-32-33-85-36-37-87-39-38-86-35-34-84-31-30-82-27-25-69-67(91)89-57-24-22-53(43-60(57)79-10)42-49(5)59-45-56(71)48(4)41-51(7)62(73)63(80-11)61(72)50(6)40-46(2)18-14-13-15-19-47(3)58(78-9)44-54-23-21-52(8)68(77,90-54)64(74)65(75)70-26-17-16-20-55(70)66(76)88-59/h13-15,18-19,41,46,48-50,52-60,62-63,71,73,77H,12,16-17,20-40,42-45H2,1-11H3,(H,69,91)/b15-13+,18-14+,47-19+,51-41+/t46?,48-,49-,50?,52-,53+,54+,55+,56-,57-,58+,59+,60-,62?,63+,68-/m1/s1. The number of nitrogens with one attached hydrogen (secondary N) is 1. The number of nitrogens with zero attached hydrogens (tertiary/aromatic N) is 1. The molecular weight excluding hydrogens is 1200 g/mol. The van der Waals surface area contributed by atoms with Gasteiger partial charge < -0.3 is 87.1 Å². The van der Waals surface area contributed by atoms with Gasteiger partial charge in [-0.1, -0.05) is 71.1 Å². The SMILES string of the molecule is CCOCCOCCOCCOCCOCCOCCOCCNC(=S)O[C@@H]1CC[C@@H](C[C@@H](C)[C@@H]2C[C@@H](O)[C@H](C)/C=C(\C)C(O)[C@@H](OC)C(=O)C(C)CC(C)/C=C/C=C/C=C(\C)[C@@H](OC)C[C@@H]3CC[C@@H](C)[C@@](O)(O3)C(=O)C(=O)N3CCCC[C@H]3C(=O)O2)C[C@H]1OC. The third-order valence-electron chi connectivity index (χ3n) is 17.8. The van der Waals surface area contributed by atoms with Crippen LogP contribution in [0.25, 0.3) is 0 Å². The number of hydrogen-bond acceptors (Lipinski definition) is 21. The van der Waals surface area contributed by atoms with Crippen molar-refractivity contribution < 1.29 is 96.1 Å². The largest absolute Gasteiger partial charge is 0.465 e. The second-order valence-electron chi connectivity index (χ2n) is 25.0. The molecule has 22 nitrogen and oxygen atoms in total. The van der Waals surface area contributed by atoms with Crippen LogP contribution in [0, 0.1) is 35.5 Å². The van der Waals surface area contributed by atoms with E-state index in [2.05, 4.69) is 5.32 Å². The number of amides is 1. The van der Waals surface area contributed by atoms with Gasteiger partial charge in [0.1, 0.15) is 30.5 Å². The molecule has 522 valence electrons. The van der Waals surface area contributed by atoms with E-state index in [0.29, 0.717) is 162 Å². The zero-order valence-electron chi connectivity index (χ0n) is 56.6. The van der Waals surface area contributed by atoms with E-state index in [1.54, 1.807) is 41.1 Å². The number of cyclic esters (lactones) is 1. The van der Waals surface area contributed by atoms with Crippen molar-refractivity contribution in [2.45, 2.75) is 193 Å². The zero-order chi connectivity index (χ0) is 66.7. The van der Waals surface area contributed by atoms with Crippen molar-refractivity contribution in [3.8, 4) is 0 Å². The van der Waals surface area contributed by atoms with E-state index in [-0.39, 0.29) is 60.3 Å². The van der Waals surface area contributed by atoms with Gasteiger partial charge in [-0.2, -0.15) is 0 Å². The number of fused-ring (bicyclic) bond motifs is 3. The molecule has 2 saturated heterocycles. The maximum absolute atomic E-state index is 14.7. The molecule has 16 atom stereocenters. The lowest BCUT2D eigenvalue weighted by Crippen LogP contribution is -2.61. The zero-order valence-corrected chi connectivity index (χ0v) is 57.4. The Labute approximate surface area is 548 Å². The van der Waals surface area contributed by atoms with E-state index in [9.17, 15) is 34.5 Å². The number of esters is 1. The normalized spacial score (nSPS) is 33.0. The lowest BCUT2D eigenvalue weighted by atomic mass is 9.78. The minimum Gasteiger partial charge on any atom is -0.465 e. The fourth-order valence-corrected chi connectivity index (χ4v) is 12.5. The monoisotopic (exact) mass is 1310 g/mol. The number of aliphatic hydroxyl groups is 3. The number of thiocarbonyl (C=S) groups is 1. The van der Waals surface area contributed by atoms with Crippen molar-refractivity contribution in [3.05, 3.63) is 47.6 Å². The van der Waals surface area contributed by atoms with Gasteiger partial charge in [-0.05, 0) is 126 Å². The molecule has 0 aromatic heterocycles. The first-order chi connectivity index (χ1) is 43.7. The molecule has 1 aliphatic carbocycles. The average molecular weight is 1310 g/mol. The minimum absolute atomic E-state index is 0.0105. The van der Waals surface area contributed by atoms with Crippen LogP contribution in [0.4, 0.5) is 0 Å². The van der Waals surface area contributed by atoms with Crippen molar-refractivity contribution in [2.24, 2.45) is 35.5 Å². The third kappa shape index (κ3) is 27.9. The molecule has 3 aliphatic heterocycles. The lowest BCUT2D eigenvalue weighted by Gasteiger charge is -2.43. The molecule has 0 aromatic rings. The number of methoxy groups -OCH3 is 3. The Kier molecular flexibility index (Phi) is 38.7. The third-order valence-corrected chi connectivity index (χ3v) is 18.1. The highest BCUT2D eigenvalue weighted by atomic mass is 32.1. The van der Waals surface area contributed by atoms with Crippen LogP contribution >= 0.6 is 12.2 Å². The van der Waals surface area contributed by atoms with Crippen molar-refractivity contribution in [2.75, 3.05) is 127 Å². The summed E-state index contributed by atoms with van der Waals surface area (Å²) in [6.45, 7) is 22.1. The van der Waals surface area contributed by atoms with Gasteiger partial charge in [0.15, 0.2) is 5.78 Å². The maximum Gasteiger partial charge on any atom is 0.329 e. The minimum atomic E-state index is -2.45. The number of carbonyl (C=O) groups excluding carboxylic acids is 4. The molecule has 4 rings (SSSR count). The molecule has 1 amide bonds. The number of Topliss-reactive ketones (excluding diaryl/α,β-unsaturated/α-hetero) is 2. The van der Waals surface area contributed by atoms with Crippen LogP contribution in [0.5, 0.6) is 0 Å². The Balaban J connectivity index is 1.38. The predicted molar refractivity (Wildman–Crippen MR) is 347 cm³/mol. The number of carbonyl (C=O) groups is 4. The summed E-state index contributed by atoms with van der Waals surface area (Å²) in [6.07, 6.45) is 10.8. The van der Waals surface area contributed by atoms with Gasteiger partial charge in [0.05, 0.1) is 110 Å². The van der Waals surface area contributed by atoms with Crippen molar-refractivity contribution in [1.82, 2.24) is 10.2 Å². The molecule has 4 N–H and O–H groups in total. The number of allylic oxidation sites excluding steroid dienone is 5. The topological polar surface area (TPSA) is 264 Å². The van der Waals surface area contributed by atoms with E-state index in [4.69, 9.17) is 73.8 Å². The first kappa shape index (κ1) is 79.8. The summed E-state index contributed by atoms with van der Waals surface area (Å²) in [5, 5.41) is 39.1. The Morgan fingerprint density at radius 3 is 1.92 bits per heavy atom. The first-order valence-corrected chi connectivity index (χ1v) is 33.7. The number of hydrogen-bond donors (Lipinski definition) is 4. The highest BCUT2D eigenvalue weighted by molar-refractivity contribution is 7.80. The number of ether oxygens (including phenoxy) is 13. The molecule has 3 fully saturated rings. The van der Waals surface area contributed by atoms with E-state index in [0.717, 1.165) is 12.0 Å². The second kappa shape index (κ2) is 44.2. The quantitative estimate of drug-likeness (QED) is 0.0193. The molecule has 0 radical (unpaired) electrons. The van der Waals surface area contributed by atoms with Crippen molar-refractivity contribution in [3.63, 3.8) is 0 Å². The molecule has 1 saturated carbocycles. The van der Waals surface area contributed by atoms with Crippen LogP contribution in [0.1, 0.15) is 132 Å². The summed E-state index contributed by atoms with van der Waals surface area (Å²) in [5.74, 6) is -7.56. The molecule has 91 heavy (non-hydrogen) atoms. The van der Waals surface area contributed by atoms with Crippen molar-refractivity contribution in [1.29, 1.82) is 0 Å². The maximum atomic E-state index is 14.7. The number of piperidine rings is 1. The first-order valence-electron chi connectivity index (χ1n) is 33.3. The van der Waals surface area contributed by atoms with Crippen LogP contribution in [0.15, 0.2) is 47.6 Å². The Hall–Kier alpha value is -3.63. The van der Waals surface area contributed by atoms with Crippen LogP contribution < -0.4 is 5.32 Å². The molecule has 23 heteroatoms. The molecule has 3 unspecified atom stereocenters. The van der Waals surface area contributed by atoms with E-state index >= 15 is 0 Å². The predicted octanol–water partition coefficient (Wildman–Crippen LogP) is 7.01. The molecular formula is C68H114N2O20S. The van der Waals surface area contributed by atoms with Gasteiger partial charge in [0, 0.05) is 71.6 Å². The van der Waals surface area contributed by atoms with Gasteiger partial charge in [-0.25, -0.2) is 4.79 Å². The summed E-state index contributed by atoms with van der Waals surface area (Å²) < 4.78 is 75.0. The van der Waals surface area contributed by atoms with Crippen molar-refractivity contribution >= 4 is 40.8 Å². The van der Waals surface area contributed by atoms with Gasteiger partial charge in [0.25, 0.3) is 16.9 Å². The van der Waals surface area contributed by atoms with E-state index in [1.807, 2.05) is 65.0 Å². The molecule has 0 aromatic carbocycles. The van der Waals surface area contributed by atoms with Crippen LogP contribution in [-0.4, -0.2) is 236 Å². The summed E-state index contributed by atoms with van der Waals surface area (Å²) in [4.78, 5) is 58.7. The fourth-order valence-electron chi connectivity index (χ4n) is 12.2. The Morgan fingerprint density at radius 2 is 1.33 bits per heavy atom. The smallest absolute Gasteiger partial charge is 0.329 e. The average Bonchev–Trinajstić information content (AvgIpc) is 1.05. The summed E-state index contributed by atoms with van der Waals surface area (Å²) in [6, 6.07) is -1.15. The van der Waals surface area contributed by atoms with Crippen LogP contribution in [0.2, 0.25) is 0 Å². The lowest BCUT2D eigenvalue weighted by molar-refractivity contribution is -0.265. The second-order valence-corrected chi connectivity index (χ2v) is 25.3.